The van der Waals surface area contributed by atoms with Crippen molar-refractivity contribution in [3.8, 4) is 0 Å². The third-order valence-electron chi connectivity index (χ3n) is 2.93. The normalized spacial score (nSPS) is 19.9. The van der Waals surface area contributed by atoms with Crippen molar-refractivity contribution in [2.24, 2.45) is 0 Å². The molecular formula is C11H15N5O. The van der Waals surface area contributed by atoms with Crippen LogP contribution in [0.25, 0.3) is 5.65 Å². The van der Waals surface area contributed by atoms with Crippen LogP contribution in [0.2, 0.25) is 0 Å². The number of ether oxygens (including phenoxy) is 1. The van der Waals surface area contributed by atoms with E-state index in [4.69, 9.17) is 4.74 Å². The summed E-state index contributed by atoms with van der Waals surface area (Å²) in [5.41, 5.74) is 2.66. The molecule has 1 aliphatic heterocycles. The fraction of sp³-hybridized carbons (Fsp3) is 0.545. The maximum atomic E-state index is 5.58. The van der Waals surface area contributed by atoms with Crippen LogP contribution in [0, 0.1) is 6.92 Å². The van der Waals surface area contributed by atoms with Crippen molar-refractivity contribution in [3.05, 3.63) is 18.1 Å². The second-order valence-electron chi connectivity index (χ2n) is 4.31. The van der Waals surface area contributed by atoms with Gasteiger partial charge in [-0.25, -0.2) is 0 Å². The van der Waals surface area contributed by atoms with Crippen LogP contribution >= 0.6 is 0 Å². The topological polar surface area (TPSA) is 64.3 Å². The van der Waals surface area contributed by atoms with E-state index < -0.39 is 0 Å². The molecule has 6 heteroatoms. The number of anilines is 1. The Morgan fingerprint density at radius 1 is 1.59 bits per heavy atom. The van der Waals surface area contributed by atoms with E-state index in [9.17, 15) is 0 Å². The lowest BCUT2D eigenvalue weighted by atomic mass is 10.2. The van der Waals surface area contributed by atoms with Crippen LogP contribution in [0.5, 0.6) is 0 Å². The molecule has 6 nitrogen and oxygen atoms in total. The molecule has 0 radical (unpaired) electrons. The Kier molecular flexibility index (Phi) is 2.64. The maximum absolute atomic E-state index is 5.58. The molecule has 2 aromatic rings. The van der Waals surface area contributed by atoms with Crippen LogP contribution in [0.1, 0.15) is 18.5 Å². The van der Waals surface area contributed by atoms with Crippen LogP contribution in [0.15, 0.2) is 12.4 Å². The molecule has 0 spiro atoms. The van der Waals surface area contributed by atoms with Gasteiger partial charge >= 0.3 is 0 Å². The molecule has 2 aromatic heterocycles. The van der Waals surface area contributed by atoms with Gasteiger partial charge in [0.25, 0.3) is 0 Å². The van der Waals surface area contributed by atoms with Crippen LogP contribution in [-0.2, 0) is 4.74 Å². The molecule has 3 rings (SSSR count). The molecule has 1 aliphatic rings. The highest BCUT2D eigenvalue weighted by molar-refractivity contribution is 5.66. The summed E-state index contributed by atoms with van der Waals surface area (Å²) in [7, 11) is 0. The van der Waals surface area contributed by atoms with Crippen molar-refractivity contribution < 1.29 is 4.74 Å². The predicted octanol–water partition coefficient (Wildman–Crippen LogP) is 1.02. The minimum atomic E-state index is 0.312. The Balaban J connectivity index is 1.81. The fourth-order valence-electron chi connectivity index (χ4n) is 2.11. The van der Waals surface area contributed by atoms with Crippen molar-refractivity contribution in [2.45, 2.75) is 25.9 Å². The minimum Gasteiger partial charge on any atom is -0.379 e. The maximum Gasteiger partial charge on any atom is 0.200 e. The fourth-order valence-corrected chi connectivity index (χ4v) is 2.11. The SMILES string of the molecule is Cc1cc(NC[C@H]2CCCO2)c2nncn2n1. The summed E-state index contributed by atoms with van der Waals surface area (Å²) in [4.78, 5) is 0. The monoisotopic (exact) mass is 233 g/mol. The first-order valence-corrected chi connectivity index (χ1v) is 5.86. The van der Waals surface area contributed by atoms with Crippen LogP contribution in [0.3, 0.4) is 0 Å². The van der Waals surface area contributed by atoms with E-state index in [0.717, 1.165) is 43.0 Å². The van der Waals surface area contributed by atoms with Gasteiger partial charge in [0.15, 0.2) is 0 Å². The molecular weight excluding hydrogens is 218 g/mol. The molecule has 1 atom stereocenters. The number of aromatic nitrogens is 4. The van der Waals surface area contributed by atoms with Gasteiger partial charge < -0.3 is 10.1 Å². The van der Waals surface area contributed by atoms with Crippen molar-refractivity contribution in [2.75, 3.05) is 18.5 Å². The third kappa shape index (κ3) is 2.08. The van der Waals surface area contributed by atoms with Gasteiger partial charge in [0.2, 0.25) is 5.65 Å². The highest BCUT2D eigenvalue weighted by Gasteiger charge is 2.16. The summed E-state index contributed by atoms with van der Waals surface area (Å²) in [5.74, 6) is 0. The third-order valence-corrected chi connectivity index (χ3v) is 2.93. The van der Waals surface area contributed by atoms with Crippen molar-refractivity contribution in [1.82, 2.24) is 19.8 Å². The summed E-state index contributed by atoms with van der Waals surface area (Å²) in [6, 6.07) is 1.99. The lowest BCUT2D eigenvalue weighted by molar-refractivity contribution is 0.120. The zero-order valence-electron chi connectivity index (χ0n) is 9.76. The summed E-state index contributed by atoms with van der Waals surface area (Å²) in [5, 5.41) is 15.6. The molecule has 0 aliphatic carbocycles. The smallest absolute Gasteiger partial charge is 0.200 e. The first-order chi connectivity index (χ1) is 8.33. The second-order valence-corrected chi connectivity index (χ2v) is 4.31. The van der Waals surface area contributed by atoms with Gasteiger partial charge in [-0.15, -0.1) is 10.2 Å². The van der Waals surface area contributed by atoms with Gasteiger partial charge in [0.05, 0.1) is 17.5 Å². The van der Waals surface area contributed by atoms with E-state index in [0.29, 0.717) is 6.10 Å². The quantitative estimate of drug-likeness (QED) is 0.857. The van der Waals surface area contributed by atoms with E-state index in [1.807, 2.05) is 13.0 Å². The lowest BCUT2D eigenvalue weighted by Gasteiger charge is -2.12. The zero-order valence-corrected chi connectivity index (χ0v) is 9.76. The first-order valence-electron chi connectivity index (χ1n) is 5.86. The van der Waals surface area contributed by atoms with Crippen LogP contribution < -0.4 is 5.32 Å². The highest BCUT2D eigenvalue weighted by Crippen LogP contribution is 2.17. The number of hydrogen-bond acceptors (Lipinski definition) is 5. The van der Waals surface area contributed by atoms with E-state index in [2.05, 4.69) is 20.6 Å². The largest absolute Gasteiger partial charge is 0.379 e. The molecule has 1 saturated heterocycles. The van der Waals surface area contributed by atoms with Gasteiger partial charge in [0.1, 0.15) is 6.33 Å². The number of nitrogens with one attached hydrogen (secondary N) is 1. The number of fused-ring (bicyclic) bond motifs is 1. The average Bonchev–Trinajstić information content (AvgIpc) is 2.95. The van der Waals surface area contributed by atoms with E-state index in [-0.39, 0.29) is 0 Å². The zero-order chi connectivity index (χ0) is 11.7. The number of rotatable bonds is 3. The minimum absolute atomic E-state index is 0.312. The number of aryl methyl sites for hydroxylation is 1. The summed E-state index contributed by atoms with van der Waals surface area (Å²) >= 11 is 0. The average molecular weight is 233 g/mol. The van der Waals surface area contributed by atoms with Gasteiger partial charge in [-0.3, -0.25) is 0 Å². The van der Waals surface area contributed by atoms with E-state index in [1.165, 1.54) is 0 Å². The molecule has 0 unspecified atom stereocenters. The predicted molar refractivity (Wildman–Crippen MR) is 63.0 cm³/mol. The molecule has 3 heterocycles. The Morgan fingerprint density at radius 3 is 3.35 bits per heavy atom. The van der Waals surface area contributed by atoms with Gasteiger partial charge in [-0.1, -0.05) is 0 Å². The van der Waals surface area contributed by atoms with E-state index in [1.54, 1.807) is 10.8 Å². The van der Waals surface area contributed by atoms with Crippen LogP contribution in [0.4, 0.5) is 5.69 Å². The molecule has 0 saturated carbocycles. The van der Waals surface area contributed by atoms with Gasteiger partial charge in [0, 0.05) is 13.2 Å². The molecule has 0 aromatic carbocycles. The molecule has 0 bridgehead atoms. The molecule has 1 N–H and O–H groups in total. The van der Waals surface area contributed by atoms with E-state index >= 15 is 0 Å². The van der Waals surface area contributed by atoms with Gasteiger partial charge in [-0.2, -0.15) is 9.61 Å². The molecule has 17 heavy (non-hydrogen) atoms. The second kappa shape index (κ2) is 4.29. The Bertz CT molecular complexity index is 518. The van der Waals surface area contributed by atoms with Crippen LogP contribution in [-0.4, -0.2) is 39.1 Å². The van der Waals surface area contributed by atoms with Gasteiger partial charge in [-0.05, 0) is 25.8 Å². The Hall–Kier alpha value is -1.69. The standard InChI is InChI=1S/C11H15N5O/c1-8-5-10(11-14-13-7-16(11)15-8)12-6-9-3-2-4-17-9/h5,7,9,12H,2-4,6H2,1H3/t9-/m1/s1. The molecule has 0 amide bonds. The van der Waals surface area contributed by atoms with Crippen molar-refractivity contribution in [1.29, 1.82) is 0 Å². The first kappa shape index (κ1) is 10.5. The van der Waals surface area contributed by atoms with Crippen molar-refractivity contribution >= 4 is 11.3 Å². The number of hydrogen-bond donors (Lipinski definition) is 1. The number of nitrogens with zero attached hydrogens (tertiary/aromatic N) is 4. The molecule has 1 fully saturated rings. The van der Waals surface area contributed by atoms with Crippen molar-refractivity contribution in [3.63, 3.8) is 0 Å². The summed E-state index contributed by atoms with van der Waals surface area (Å²) < 4.78 is 7.27. The lowest BCUT2D eigenvalue weighted by Crippen LogP contribution is -2.19. The summed E-state index contributed by atoms with van der Waals surface area (Å²) in [6.07, 6.45) is 4.20. The highest BCUT2D eigenvalue weighted by atomic mass is 16.5. The Labute approximate surface area is 99.0 Å². The summed E-state index contributed by atoms with van der Waals surface area (Å²) in [6.45, 7) is 3.64. The Morgan fingerprint density at radius 2 is 2.53 bits per heavy atom. The molecule has 90 valence electrons.